The van der Waals surface area contributed by atoms with Crippen molar-refractivity contribution in [2.24, 2.45) is 5.92 Å². The minimum absolute atomic E-state index is 0.0114. The fraction of sp³-hybridized carbons (Fsp3) is 0.650. The van der Waals surface area contributed by atoms with E-state index in [1.807, 2.05) is 11.8 Å². The van der Waals surface area contributed by atoms with Gasteiger partial charge in [-0.2, -0.15) is 0 Å². The fourth-order valence-electron chi connectivity index (χ4n) is 2.75. The summed E-state index contributed by atoms with van der Waals surface area (Å²) in [4.78, 5) is 14.0. The Bertz CT molecular complexity index is 520. The number of benzene rings is 1. The van der Waals surface area contributed by atoms with Crippen LogP contribution < -0.4 is 0 Å². The molecule has 0 aromatic heterocycles. The molecule has 0 aliphatic rings. The maximum atomic E-state index is 12.6. The molecular formula is C20H32OS2. The molecule has 0 heterocycles. The fourth-order valence-corrected chi connectivity index (χ4v) is 5.26. The zero-order valence-electron chi connectivity index (χ0n) is 15.9. The molecule has 0 unspecified atom stereocenters. The Morgan fingerprint density at radius 2 is 1.65 bits per heavy atom. The second-order valence-corrected chi connectivity index (χ2v) is 10.6. The standard InChI is InChI=1S/C20H32OS2/c1-9-10-17(16(5)19(21)23-20(6,7)8)22-18-14(3)11-13(2)12-15(18)4/h11-12,16-17H,9-10H2,1-8H3/t16-,17+/m0/s1. The number of thioether (sulfide) groups is 2. The van der Waals surface area contributed by atoms with Gasteiger partial charge in [-0.25, -0.2) is 0 Å². The van der Waals surface area contributed by atoms with Gasteiger partial charge >= 0.3 is 0 Å². The van der Waals surface area contributed by atoms with E-state index in [0.29, 0.717) is 10.4 Å². The van der Waals surface area contributed by atoms with Crippen molar-refractivity contribution in [1.82, 2.24) is 0 Å². The number of aryl methyl sites for hydroxylation is 3. The Kier molecular flexibility index (Phi) is 7.73. The van der Waals surface area contributed by atoms with E-state index in [1.54, 1.807) is 0 Å². The summed E-state index contributed by atoms with van der Waals surface area (Å²) in [5, 5.41) is 0.674. The Morgan fingerprint density at radius 3 is 2.09 bits per heavy atom. The van der Waals surface area contributed by atoms with Gasteiger partial charge in [-0.3, -0.25) is 4.79 Å². The van der Waals surface area contributed by atoms with Crippen molar-refractivity contribution in [3.63, 3.8) is 0 Å². The largest absolute Gasteiger partial charge is 0.287 e. The minimum atomic E-state index is -0.0114. The summed E-state index contributed by atoms with van der Waals surface area (Å²) in [6, 6.07) is 4.49. The van der Waals surface area contributed by atoms with Crippen LogP contribution in [-0.2, 0) is 4.79 Å². The summed E-state index contributed by atoms with van der Waals surface area (Å²) in [7, 11) is 0. The highest BCUT2D eigenvalue weighted by Crippen LogP contribution is 2.39. The highest BCUT2D eigenvalue weighted by Gasteiger charge is 2.28. The van der Waals surface area contributed by atoms with Crippen molar-refractivity contribution in [1.29, 1.82) is 0 Å². The smallest absolute Gasteiger partial charge is 0.193 e. The Labute approximate surface area is 151 Å². The van der Waals surface area contributed by atoms with Gasteiger partial charge in [-0.05, 0) is 38.3 Å². The van der Waals surface area contributed by atoms with Crippen LogP contribution in [-0.4, -0.2) is 15.1 Å². The summed E-state index contributed by atoms with van der Waals surface area (Å²) < 4.78 is -0.0114. The molecule has 130 valence electrons. The molecule has 1 aromatic rings. The molecule has 0 aliphatic carbocycles. The van der Waals surface area contributed by atoms with Gasteiger partial charge in [-0.1, -0.05) is 70.5 Å². The van der Waals surface area contributed by atoms with Gasteiger partial charge in [0, 0.05) is 20.8 Å². The number of hydrogen-bond acceptors (Lipinski definition) is 3. The highest BCUT2D eigenvalue weighted by atomic mass is 32.2. The van der Waals surface area contributed by atoms with Gasteiger partial charge in [0.1, 0.15) is 0 Å². The molecule has 0 radical (unpaired) electrons. The van der Waals surface area contributed by atoms with Crippen LogP contribution in [0.15, 0.2) is 17.0 Å². The summed E-state index contributed by atoms with van der Waals surface area (Å²) in [6.45, 7) is 17.1. The van der Waals surface area contributed by atoms with E-state index in [4.69, 9.17) is 0 Å². The van der Waals surface area contributed by atoms with Crippen LogP contribution in [0.5, 0.6) is 0 Å². The Balaban J connectivity index is 2.97. The first-order valence-corrected chi connectivity index (χ1v) is 10.2. The van der Waals surface area contributed by atoms with Crippen LogP contribution in [0.3, 0.4) is 0 Å². The van der Waals surface area contributed by atoms with Crippen molar-refractivity contribution < 1.29 is 4.79 Å². The van der Waals surface area contributed by atoms with Crippen LogP contribution in [0.25, 0.3) is 0 Å². The topological polar surface area (TPSA) is 17.1 Å². The molecule has 2 atom stereocenters. The average molecular weight is 353 g/mol. The molecule has 0 bridgehead atoms. The molecule has 23 heavy (non-hydrogen) atoms. The van der Waals surface area contributed by atoms with E-state index in [0.717, 1.165) is 12.8 Å². The van der Waals surface area contributed by atoms with E-state index in [9.17, 15) is 4.79 Å². The molecule has 0 aliphatic heterocycles. The maximum absolute atomic E-state index is 12.6. The van der Waals surface area contributed by atoms with Gasteiger partial charge in [-0.15, -0.1) is 11.8 Å². The van der Waals surface area contributed by atoms with Crippen LogP contribution in [0.1, 0.15) is 64.2 Å². The predicted octanol–water partition coefficient (Wildman–Crippen LogP) is 6.57. The normalized spacial score (nSPS) is 14.6. The molecule has 3 heteroatoms. The quantitative estimate of drug-likeness (QED) is 0.539. The summed E-state index contributed by atoms with van der Waals surface area (Å²) >= 11 is 3.39. The van der Waals surface area contributed by atoms with Crippen LogP contribution in [0.4, 0.5) is 0 Å². The monoisotopic (exact) mass is 352 g/mol. The molecule has 0 amide bonds. The molecule has 0 spiro atoms. The third kappa shape index (κ3) is 6.54. The van der Waals surface area contributed by atoms with E-state index < -0.39 is 0 Å². The second kappa shape index (κ2) is 8.62. The number of hydrogen-bond donors (Lipinski definition) is 0. The minimum Gasteiger partial charge on any atom is -0.287 e. The van der Waals surface area contributed by atoms with Crippen molar-refractivity contribution in [3.05, 3.63) is 28.8 Å². The average Bonchev–Trinajstić information content (AvgIpc) is 2.38. The van der Waals surface area contributed by atoms with Gasteiger partial charge in [0.05, 0.1) is 0 Å². The first-order valence-electron chi connectivity index (χ1n) is 8.52. The lowest BCUT2D eigenvalue weighted by Gasteiger charge is -2.26. The first kappa shape index (κ1) is 20.6. The summed E-state index contributed by atoms with van der Waals surface area (Å²) in [5.41, 5.74) is 3.97. The lowest BCUT2D eigenvalue weighted by molar-refractivity contribution is -0.114. The van der Waals surface area contributed by atoms with Crippen molar-refractivity contribution in [3.8, 4) is 0 Å². The van der Waals surface area contributed by atoms with Crippen LogP contribution in [0, 0.1) is 26.7 Å². The zero-order valence-corrected chi connectivity index (χ0v) is 17.6. The van der Waals surface area contributed by atoms with Crippen molar-refractivity contribution >= 4 is 28.6 Å². The Morgan fingerprint density at radius 1 is 1.13 bits per heavy atom. The van der Waals surface area contributed by atoms with Gasteiger partial charge < -0.3 is 0 Å². The molecule has 0 saturated heterocycles. The van der Waals surface area contributed by atoms with E-state index in [2.05, 4.69) is 67.5 Å². The third-order valence-corrected chi connectivity index (χ3v) is 6.80. The lowest BCUT2D eigenvalue weighted by Crippen LogP contribution is -2.25. The summed E-state index contributed by atoms with van der Waals surface area (Å²) in [5.74, 6) is 0.0734. The SMILES string of the molecule is CCC[C@@H](Sc1c(C)cc(C)cc1C)[C@H](C)C(=O)SC(C)(C)C. The van der Waals surface area contributed by atoms with E-state index in [-0.39, 0.29) is 10.7 Å². The van der Waals surface area contributed by atoms with E-state index >= 15 is 0 Å². The highest BCUT2D eigenvalue weighted by molar-refractivity contribution is 8.14. The van der Waals surface area contributed by atoms with Crippen molar-refractivity contribution in [2.45, 2.75) is 83.1 Å². The second-order valence-electron chi connectivity index (χ2n) is 7.49. The third-order valence-electron chi connectivity index (χ3n) is 3.78. The van der Waals surface area contributed by atoms with Crippen molar-refractivity contribution in [2.75, 3.05) is 0 Å². The molecule has 1 rings (SSSR count). The Hall–Kier alpha value is -0.410. The van der Waals surface area contributed by atoms with Crippen LogP contribution >= 0.6 is 23.5 Å². The molecule has 0 saturated carbocycles. The predicted molar refractivity (Wildman–Crippen MR) is 107 cm³/mol. The lowest BCUT2D eigenvalue weighted by atomic mass is 10.1. The maximum Gasteiger partial charge on any atom is 0.193 e. The molecule has 1 aromatic carbocycles. The summed E-state index contributed by atoms with van der Waals surface area (Å²) in [6.07, 6.45) is 2.19. The van der Waals surface area contributed by atoms with Gasteiger partial charge in [0.15, 0.2) is 5.12 Å². The number of carbonyl (C=O) groups is 1. The number of carbonyl (C=O) groups excluding carboxylic acids is 1. The van der Waals surface area contributed by atoms with Gasteiger partial charge in [0.2, 0.25) is 0 Å². The molecule has 0 fully saturated rings. The van der Waals surface area contributed by atoms with Crippen LogP contribution in [0.2, 0.25) is 0 Å². The van der Waals surface area contributed by atoms with Gasteiger partial charge in [0.25, 0.3) is 0 Å². The molecule has 1 nitrogen and oxygen atoms in total. The number of rotatable bonds is 6. The first-order chi connectivity index (χ1) is 10.5. The molecule has 0 N–H and O–H groups in total. The molecular weight excluding hydrogens is 320 g/mol. The van der Waals surface area contributed by atoms with E-state index in [1.165, 1.54) is 33.3 Å². The zero-order chi connectivity index (χ0) is 17.8.